The number of amidine groups is 1. The van der Waals surface area contributed by atoms with Gasteiger partial charge in [-0.05, 0) is 24.8 Å². The van der Waals surface area contributed by atoms with Gasteiger partial charge in [0, 0.05) is 11.5 Å². The summed E-state index contributed by atoms with van der Waals surface area (Å²) in [4.78, 5) is 5.58. The molecule has 1 aromatic carbocycles. The van der Waals surface area contributed by atoms with Crippen molar-refractivity contribution in [2.24, 2.45) is 5.73 Å². The van der Waals surface area contributed by atoms with Crippen LogP contribution in [0.2, 0.25) is 0 Å². The Kier molecular flexibility index (Phi) is 3.11. The average Bonchev–Trinajstić information content (AvgIpc) is 3.17. The van der Waals surface area contributed by atoms with Crippen molar-refractivity contribution in [2.45, 2.75) is 32.1 Å². The third kappa shape index (κ3) is 2.40. The molecule has 4 heteroatoms. The topological polar surface area (TPSA) is 62.8 Å². The molecule has 3 rings (SSSR count). The molecule has 1 fully saturated rings. The monoisotopic (exact) mass is 271 g/mol. The number of aromatic nitrogens is 1. The first-order valence-corrected chi connectivity index (χ1v) is 7.45. The highest BCUT2D eigenvalue weighted by molar-refractivity contribution is 7.17. The number of rotatable bonds is 4. The van der Waals surface area contributed by atoms with Crippen molar-refractivity contribution >= 4 is 17.2 Å². The van der Waals surface area contributed by atoms with E-state index in [1.165, 1.54) is 18.4 Å². The second kappa shape index (κ2) is 4.78. The van der Waals surface area contributed by atoms with Crippen LogP contribution in [0, 0.1) is 5.41 Å². The minimum absolute atomic E-state index is 0.149. The molecule has 0 unspecified atom stereocenters. The highest BCUT2D eigenvalue weighted by Crippen LogP contribution is 2.44. The molecular formula is C15H17N3S. The van der Waals surface area contributed by atoms with E-state index < -0.39 is 0 Å². The van der Waals surface area contributed by atoms with Gasteiger partial charge in [-0.2, -0.15) is 0 Å². The molecule has 1 aliphatic rings. The van der Waals surface area contributed by atoms with Crippen LogP contribution >= 0.6 is 11.3 Å². The number of hydrogen-bond acceptors (Lipinski definition) is 3. The van der Waals surface area contributed by atoms with Crippen LogP contribution in [0.15, 0.2) is 24.3 Å². The van der Waals surface area contributed by atoms with E-state index in [-0.39, 0.29) is 5.84 Å². The van der Waals surface area contributed by atoms with E-state index in [0.29, 0.717) is 5.92 Å². The zero-order valence-electron chi connectivity index (χ0n) is 10.9. The summed E-state index contributed by atoms with van der Waals surface area (Å²) in [6.45, 7) is 2.15. The number of nitrogen functional groups attached to an aromatic ring is 1. The molecule has 0 amide bonds. The average molecular weight is 271 g/mol. The first-order chi connectivity index (χ1) is 9.19. The molecule has 0 atom stereocenters. The molecule has 1 aliphatic carbocycles. The number of nitrogens with two attached hydrogens (primary N) is 1. The molecule has 0 saturated heterocycles. The van der Waals surface area contributed by atoms with Crippen molar-refractivity contribution in [3.05, 3.63) is 40.4 Å². The lowest BCUT2D eigenvalue weighted by Gasteiger charge is -1.98. The van der Waals surface area contributed by atoms with Gasteiger partial charge in [0.25, 0.3) is 0 Å². The Balaban J connectivity index is 1.99. The van der Waals surface area contributed by atoms with Gasteiger partial charge in [0.15, 0.2) is 0 Å². The van der Waals surface area contributed by atoms with Crippen molar-refractivity contribution in [3.63, 3.8) is 0 Å². The summed E-state index contributed by atoms with van der Waals surface area (Å²) >= 11 is 1.54. The molecular weight excluding hydrogens is 254 g/mol. The van der Waals surface area contributed by atoms with Crippen LogP contribution in [0.1, 0.15) is 41.8 Å². The molecule has 0 aliphatic heterocycles. The largest absolute Gasteiger partial charge is 0.383 e. The first-order valence-electron chi connectivity index (χ1n) is 6.63. The van der Waals surface area contributed by atoms with Crippen LogP contribution in [-0.2, 0) is 6.42 Å². The van der Waals surface area contributed by atoms with E-state index in [0.717, 1.165) is 27.6 Å². The van der Waals surface area contributed by atoms with Gasteiger partial charge in [0.05, 0.1) is 10.6 Å². The molecule has 1 saturated carbocycles. The van der Waals surface area contributed by atoms with Crippen LogP contribution in [0.4, 0.5) is 0 Å². The molecule has 0 radical (unpaired) electrons. The third-order valence-electron chi connectivity index (χ3n) is 3.47. The Morgan fingerprint density at radius 2 is 2.05 bits per heavy atom. The number of nitrogens with zero attached hydrogens (tertiary/aromatic N) is 1. The summed E-state index contributed by atoms with van der Waals surface area (Å²) in [5.74, 6) is 0.676. The normalized spacial score (nSPS) is 14.6. The fourth-order valence-electron chi connectivity index (χ4n) is 2.16. The van der Waals surface area contributed by atoms with Gasteiger partial charge in [-0.1, -0.05) is 31.2 Å². The van der Waals surface area contributed by atoms with Gasteiger partial charge in [-0.15, -0.1) is 11.3 Å². The highest BCUT2D eigenvalue weighted by Gasteiger charge is 2.30. The van der Waals surface area contributed by atoms with E-state index in [2.05, 4.69) is 31.2 Å². The first kappa shape index (κ1) is 12.4. The van der Waals surface area contributed by atoms with E-state index in [4.69, 9.17) is 16.1 Å². The molecule has 1 heterocycles. The summed E-state index contributed by atoms with van der Waals surface area (Å²) in [5.41, 5.74) is 9.16. The van der Waals surface area contributed by atoms with Crippen molar-refractivity contribution < 1.29 is 0 Å². The predicted octanol–water partition coefficient (Wildman–Crippen LogP) is 3.53. The van der Waals surface area contributed by atoms with E-state index >= 15 is 0 Å². The van der Waals surface area contributed by atoms with Gasteiger partial charge in [-0.3, -0.25) is 5.41 Å². The summed E-state index contributed by atoms with van der Waals surface area (Å²) in [6, 6.07) is 8.50. The van der Waals surface area contributed by atoms with Gasteiger partial charge in [0.1, 0.15) is 10.8 Å². The molecule has 2 aromatic rings. The van der Waals surface area contributed by atoms with Crippen LogP contribution in [-0.4, -0.2) is 10.8 Å². The molecule has 98 valence electrons. The van der Waals surface area contributed by atoms with Gasteiger partial charge in [-0.25, -0.2) is 4.98 Å². The van der Waals surface area contributed by atoms with Gasteiger partial charge >= 0.3 is 0 Å². The summed E-state index contributed by atoms with van der Waals surface area (Å²) < 4.78 is 0. The highest BCUT2D eigenvalue weighted by atomic mass is 32.1. The number of aryl methyl sites for hydroxylation is 1. The van der Waals surface area contributed by atoms with Crippen LogP contribution in [0.25, 0.3) is 10.6 Å². The maximum absolute atomic E-state index is 7.69. The Labute approximate surface area is 117 Å². The number of benzene rings is 1. The second-order valence-corrected chi connectivity index (χ2v) is 5.97. The fourth-order valence-corrected chi connectivity index (χ4v) is 3.18. The standard InChI is InChI=1S/C15H17N3S/c1-2-9-3-5-11(6-4-9)15-18-12(10-7-8-10)13(19-15)14(16)17/h3-6,10H,2,7-8H2,1H3,(H3,16,17). The molecule has 0 bridgehead atoms. The van der Waals surface area contributed by atoms with Crippen LogP contribution in [0.5, 0.6) is 0 Å². The van der Waals surface area contributed by atoms with Crippen LogP contribution in [0.3, 0.4) is 0 Å². The molecule has 3 nitrogen and oxygen atoms in total. The maximum Gasteiger partial charge on any atom is 0.135 e. The van der Waals surface area contributed by atoms with Crippen molar-refractivity contribution in [2.75, 3.05) is 0 Å². The van der Waals surface area contributed by atoms with Gasteiger partial charge < -0.3 is 5.73 Å². The van der Waals surface area contributed by atoms with E-state index in [1.54, 1.807) is 11.3 Å². The zero-order chi connectivity index (χ0) is 13.4. The smallest absolute Gasteiger partial charge is 0.135 e. The zero-order valence-corrected chi connectivity index (χ0v) is 11.8. The number of nitrogens with one attached hydrogen (secondary N) is 1. The Morgan fingerprint density at radius 3 is 2.58 bits per heavy atom. The minimum Gasteiger partial charge on any atom is -0.383 e. The Morgan fingerprint density at radius 1 is 1.37 bits per heavy atom. The van der Waals surface area contributed by atoms with E-state index in [9.17, 15) is 0 Å². The lowest BCUT2D eigenvalue weighted by Crippen LogP contribution is -2.11. The third-order valence-corrected chi connectivity index (χ3v) is 4.62. The molecule has 1 aromatic heterocycles. The minimum atomic E-state index is 0.149. The predicted molar refractivity (Wildman–Crippen MR) is 79.9 cm³/mol. The van der Waals surface area contributed by atoms with Crippen LogP contribution < -0.4 is 5.73 Å². The summed E-state index contributed by atoms with van der Waals surface area (Å²) in [5, 5.41) is 8.67. The summed E-state index contributed by atoms with van der Waals surface area (Å²) in [6.07, 6.45) is 3.40. The quantitative estimate of drug-likeness (QED) is 0.660. The van der Waals surface area contributed by atoms with Crippen molar-refractivity contribution in [3.8, 4) is 10.6 Å². The Bertz CT molecular complexity index is 609. The van der Waals surface area contributed by atoms with Crippen molar-refractivity contribution in [1.82, 2.24) is 4.98 Å². The van der Waals surface area contributed by atoms with Crippen molar-refractivity contribution in [1.29, 1.82) is 5.41 Å². The summed E-state index contributed by atoms with van der Waals surface area (Å²) in [7, 11) is 0. The van der Waals surface area contributed by atoms with Gasteiger partial charge in [0.2, 0.25) is 0 Å². The van der Waals surface area contributed by atoms with E-state index in [1.807, 2.05) is 0 Å². The molecule has 0 spiro atoms. The Hall–Kier alpha value is -1.68. The number of hydrogen-bond donors (Lipinski definition) is 2. The lowest BCUT2D eigenvalue weighted by atomic mass is 10.1. The maximum atomic E-state index is 7.69. The lowest BCUT2D eigenvalue weighted by molar-refractivity contribution is 1.05. The second-order valence-electron chi connectivity index (χ2n) is 4.97. The SMILES string of the molecule is CCc1ccc(-c2nc(C3CC3)c(C(=N)N)s2)cc1. The molecule has 19 heavy (non-hydrogen) atoms. The molecule has 3 N–H and O–H groups in total. The fraction of sp³-hybridized carbons (Fsp3) is 0.333. The number of thiazole rings is 1.